The minimum atomic E-state index is -0.196. The zero-order valence-corrected chi connectivity index (χ0v) is 24.1. The summed E-state index contributed by atoms with van der Waals surface area (Å²) in [6, 6.07) is 15.4. The fraction of sp³-hybridized carbons (Fsp3) is 0.483. The van der Waals surface area contributed by atoms with Crippen molar-refractivity contribution < 1.29 is 14.4 Å². The lowest BCUT2D eigenvalue weighted by Gasteiger charge is -2.40. The van der Waals surface area contributed by atoms with Gasteiger partial charge in [-0.2, -0.15) is 0 Å². The summed E-state index contributed by atoms with van der Waals surface area (Å²) < 4.78 is 0. The Hall–Kier alpha value is -2.81. The highest BCUT2D eigenvalue weighted by atomic mass is 35.5. The number of piperidine rings is 1. The third kappa shape index (κ3) is 7.87. The van der Waals surface area contributed by atoms with Crippen LogP contribution < -0.4 is 5.32 Å². The first-order valence-electron chi connectivity index (χ1n) is 13.5. The molecule has 39 heavy (non-hydrogen) atoms. The van der Waals surface area contributed by atoms with Gasteiger partial charge < -0.3 is 24.9 Å². The summed E-state index contributed by atoms with van der Waals surface area (Å²) in [6.45, 7) is 4.68. The average molecular weight is 575 g/mol. The fourth-order valence-electron chi connectivity index (χ4n) is 5.51. The lowest BCUT2D eigenvalue weighted by atomic mass is 9.89. The molecule has 2 heterocycles. The van der Waals surface area contributed by atoms with Gasteiger partial charge in [-0.15, -0.1) is 0 Å². The summed E-state index contributed by atoms with van der Waals surface area (Å²) >= 11 is 12.3. The number of likely N-dealkylation sites (tertiary alicyclic amines) is 1. The third-order valence-corrected chi connectivity index (χ3v) is 7.95. The maximum Gasteiger partial charge on any atom is 0.317 e. The van der Waals surface area contributed by atoms with Crippen molar-refractivity contribution in [1.29, 1.82) is 0 Å². The number of benzene rings is 2. The molecule has 0 radical (unpaired) electrons. The van der Waals surface area contributed by atoms with Crippen LogP contribution in [0.3, 0.4) is 0 Å². The number of halogens is 2. The summed E-state index contributed by atoms with van der Waals surface area (Å²) in [5.74, 6) is -0.228. The molecule has 0 bridgehead atoms. The molecule has 2 aliphatic heterocycles. The second-order valence-electron chi connectivity index (χ2n) is 10.2. The summed E-state index contributed by atoms with van der Waals surface area (Å²) in [6.07, 6.45) is 3.78. The zero-order valence-electron chi connectivity index (χ0n) is 22.6. The van der Waals surface area contributed by atoms with E-state index in [0.29, 0.717) is 28.2 Å². The van der Waals surface area contributed by atoms with Crippen LogP contribution in [0.4, 0.5) is 4.79 Å². The number of nitrogens with zero attached hydrogens (tertiary/aromatic N) is 4. The smallest absolute Gasteiger partial charge is 0.317 e. The lowest BCUT2D eigenvalue weighted by Crippen LogP contribution is -2.54. The van der Waals surface area contributed by atoms with Crippen LogP contribution in [0.1, 0.15) is 47.5 Å². The molecule has 3 amide bonds. The normalized spacial score (nSPS) is 18.0. The van der Waals surface area contributed by atoms with Gasteiger partial charge in [-0.25, -0.2) is 4.79 Å². The van der Waals surface area contributed by atoms with Crippen molar-refractivity contribution in [3.05, 3.63) is 69.7 Å². The van der Waals surface area contributed by atoms with E-state index in [9.17, 15) is 9.59 Å². The minimum Gasteiger partial charge on any atom is -0.399 e. The second kappa shape index (κ2) is 14.0. The summed E-state index contributed by atoms with van der Waals surface area (Å²) in [5.41, 5.74) is 2.32. The van der Waals surface area contributed by atoms with E-state index < -0.39 is 0 Å². The van der Waals surface area contributed by atoms with Gasteiger partial charge in [-0.05, 0) is 56.0 Å². The van der Waals surface area contributed by atoms with Crippen molar-refractivity contribution in [2.75, 3.05) is 53.4 Å². The molecule has 1 N–H and O–H groups in total. The van der Waals surface area contributed by atoms with E-state index in [-0.39, 0.29) is 17.9 Å². The van der Waals surface area contributed by atoms with Crippen molar-refractivity contribution in [2.45, 2.75) is 37.6 Å². The molecule has 2 aromatic rings. The van der Waals surface area contributed by atoms with Crippen LogP contribution in [0.15, 0.2) is 53.7 Å². The number of oxime groups is 1. The number of hydrogen-bond acceptors (Lipinski definition) is 5. The Kier molecular flexibility index (Phi) is 10.5. The average Bonchev–Trinajstić information content (AvgIpc) is 2.93. The fourth-order valence-corrected chi connectivity index (χ4v) is 6.03. The maximum absolute atomic E-state index is 13.2. The van der Waals surface area contributed by atoms with Crippen molar-refractivity contribution in [1.82, 2.24) is 20.0 Å². The van der Waals surface area contributed by atoms with E-state index in [0.717, 1.165) is 69.7 Å². The highest BCUT2D eigenvalue weighted by molar-refractivity contribution is 6.35. The lowest BCUT2D eigenvalue weighted by molar-refractivity contribution is 0.0812. The molecule has 2 saturated heterocycles. The van der Waals surface area contributed by atoms with Crippen molar-refractivity contribution >= 4 is 40.9 Å². The molecule has 0 aromatic heterocycles. The number of nitrogens with one attached hydrogen (secondary N) is 1. The van der Waals surface area contributed by atoms with Crippen LogP contribution in [-0.2, 0) is 4.84 Å². The molecule has 10 heteroatoms. The van der Waals surface area contributed by atoms with Gasteiger partial charge in [0.15, 0.2) is 0 Å². The number of hydrogen-bond donors (Lipinski definition) is 1. The second-order valence-corrected chi connectivity index (χ2v) is 11.1. The number of amides is 3. The van der Waals surface area contributed by atoms with Gasteiger partial charge in [0.05, 0.1) is 12.3 Å². The SMILES string of the molecule is CO/N=C(\CN(C)C(=O)c1cc(Cl)cc(Cl)c1)C(CCN1CCC(N2CCCNC2=O)CC1)c1ccccc1. The molecule has 0 aliphatic carbocycles. The first kappa shape index (κ1) is 29.2. The van der Waals surface area contributed by atoms with Crippen LogP contribution in [0.5, 0.6) is 0 Å². The number of carbonyl (C=O) groups excluding carboxylic acids is 2. The number of rotatable bonds is 10. The third-order valence-electron chi connectivity index (χ3n) is 7.51. The van der Waals surface area contributed by atoms with Gasteiger partial charge in [0, 0.05) is 60.8 Å². The predicted octanol–water partition coefficient (Wildman–Crippen LogP) is 5.12. The van der Waals surface area contributed by atoms with Gasteiger partial charge in [0.2, 0.25) is 0 Å². The summed E-state index contributed by atoms with van der Waals surface area (Å²) in [7, 11) is 3.27. The molecule has 1 unspecified atom stereocenters. The van der Waals surface area contributed by atoms with Gasteiger partial charge in [0.1, 0.15) is 7.11 Å². The van der Waals surface area contributed by atoms with Gasteiger partial charge in [0.25, 0.3) is 5.91 Å². The van der Waals surface area contributed by atoms with Crippen molar-refractivity contribution in [3.8, 4) is 0 Å². The standard InChI is InChI=1S/C29H37Cl2N5O3/c1-34(28(37)22-17-23(30)19-24(31)18-22)20-27(33-39-2)26(21-7-4-3-5-8-21)11-16-35-14-9-25(10-15-35)36-13-6-12-32-29(36)38/h3-5,7-8,17-19,25-26H,6,9-16,20H2,1-2H3,(H,32,38)/b33-27+. The molecule has 1 atom stereocenters. The van der Waals surface area contributed by atoms with Gasteiger partial charge >= 0.3 is 6.03 Å². The Bertz CT molecular complexity index is 1130. The van der Waals surface area contributed by atoms with E-state index in [1.54, 1.807) is 30.1 Å². The molecule has 0 saturated carbocycles. The molecule has 2 fully saturated rings. The Morgan fingerprint density at radius 2 is 1.82 bits per heavy atom. The molecule has 8 nitrogen and oxygen atoms in total. The highest BCUT2D eigenvalue weighted by Crippen LogP contribution is 2.26. The quantitative estimate of drug-likeness (QED) is 0.316. The molecular weight excluding hydrogens is 537 g/mol. The van der Waals surface area contributed by atoms with E-state index in [1.165, 1.54) is 7.11 Å². The topological polar surface area (TPSA) is 77.5 Å². The predicted molar refractivity (Wildman–Crippen MR) is 156 cm³/mol. The monoisotopic (exact) mass is 573 g/mol. The Morgan fingerprint density at radius 3 is 2.46 bits per heavy atom. The van der Waals surface area contributed by atoms with Crippen LogP contribution in [0.25, 0.3) is 0 Å². The van der Waals surface area contributed by atoms with Crippen molar-refractivity contribution in [3.63, 3.8) is 0 Å². The number of urea groups is 1. The maximum atomic E-state index is 13.2. The van der Waals surface area contributed by atoms with Gasteiger partial charge in [-0.1, -0.05) is 58.7 Å². The van der Waals surface area contributed by atoms with Crippen LogP contribution >= 0.6 is 23.2 Å². The molecule has 0 spiro atoms. The largest absolute Gasteiger partial charge is 0.399 e. The zero-order chi connectivity index (χ0) is 27.8. The number of carbonyl (C=O) groups is 2. The van der Waals surface area contributed by atoms with Crippen LogP contribution in [-0.4, -0.2) is 91.8 Å². The van der Waals surface area contributed by atoms with Gasteiger partial charge in [-0.3, -0.25) is 4.79 Å². The minimum absolute atomic E-state index is 0.0325. The summed E-state index contributed by atoms with van der Waals surface area (Å²) in [4.78, 5) is 36.8. The van der Waals surface area contributed by atoms with Crippen LogP contribution in [0.2, 0.25) is 10.0 Å². The van der Waals surface area contributed by atoms with E-state index in [1.807, 2.05) is 23.1 Å². The van der Waals surface area contributed by atoms with E-state index in [2.05, 4.69) is 27.5 Å². The molecular formula is C29H37Cl2N5O3. The van der Waals surface area contributed by atoms with Crippen molar-refractivity contribution in [2.24, 2.45) is 5.16 Å². The first-order valence-corrected chi connectivity index (χ1v) is 14.2. The molecule has 2 aromatic carbocycles. The van der Waals surface area contributed by atoms with E-state index in [4.69, 9.17) is 28.0 Å². The molecule has 210 valence electrons. The first-order chi connectivity index (χ1) is 18.9. The summed E-state index contributed by atoms with van der Waals surface area (Å²) in [5, 5.41) is 8.20. The Morgan fingerprint density at radius 1 is 1.13 bits per heavy atom. The molecule has 2 aliphatic rings. The molecule has 4 rings (SSSR count). The Balaban J connectivity index is 1.43. The highest BCUT2D eigenvalue weighted by Gasteiger charge is 2.30. The van der Waals surface area contributed by atoms with E-state index >= 15 is 0 Å². The van der Waals surface area contributed by atoms with Crippen LogP contribution in [0, 0.1) is 0 Å². The Labute approximate surface area is 240 Å².